The third kappa shape index (κ3) is 3.93. The summed E-state index contributed by atoms with van der Waals surface area (Å²) in [6, 6.07) is 2.92. The molecule has 2 nitrogen and oxygen atoms in total. The lowest BCUT2D eigenvalue weighted by Gasteiger charge is -2.01. The van der Waals surface area contributed by atoms with Gasteiger partial charge in [0, 0.05) is 10.4 Å². The maximum Gasteiger partial charge on any atom is 0.152 e. The Kier molecular flexibility index (Phi) is 7.39. The van der Waals surface area contributed by atoms with Gasteiger partial charge in [-0.2, -0.15) is 5.10 Å². The largest absolute Gasteiger partial charge is 0.204 e. The van der Waals surface area contributed by atoms with Crippen molar-refractivity contribution in [3.05, 3.63) is 34.7 Å². The molecular formula is C13H18ClFN2. The van der Waals surface area contributed by atoms with E-state index in [9.17, 15) is 4.39 Å². The Balaban J connectivity index is 0.000000581. The summed E-state index contributed by atoms with van der Waals surface area (Å²) in [5.74, 6) is -0.432. The van der Waals surface area contributed by atoms with Gasteiger partial charge in [0.2, 0.25) is 0 Å². The Bertz CT molecular complexity index is 472. The summed E-state index contributed by atoms with van der Waals surface area (Å²) in [7, 11) is 0. The van der Waals surface area contributed by atoms with E-state index < -0.39 is 5.82 Å². The number of fused-ring (bicyclic) bond motifs is 1. The van der Waals surface area contributed by atoms with Gasteiger partial charge in [-0.3, -0.25) is 0 Å². The Morgan fingerprint density at radius 1 is 1.12 bits per heavy atom. The first-order valence-corrected chi connectivity index (χ1v) is 6.13. The summed E-state index contributed by atoms with van der Waals surface area (Å²) in [4.78, 5) is 0. The molecule has 2 rings (SSSR count). The van der Waals surface area contributed by atoms with Crippen molar-refractivity contribution >= 4 is 22.5 Å². The normalized spacial score (nSPS) is 8.88. The number of rotatable bonds is 0. The van der Waals surface area contributed by atoms with Gasteiger partial charge in [0.15, 0.2) is 5.82 Å². The first kappa shape index (κ1) is 15.8. The van der Waals surface area contributed by atoms with E-state index in [1.807, 2.05) is 34.6 Å². The molecule has 1 aromatic carbocycles. The van der Waals surface area contributed by atoms with Crippen molar-refractivity contribution < 1.29 is 4.39 Å². The van der Waals surface area contributed by atoms with Gasteiger partial charge in [-0.1, -0.05) is 39.3 Å². The van der Waals surface area contributed by atoms with Crippen molar-refractivity contribution in [1.82, 2.24) is 10.2 Å². The molecule has 94 valence electrons. The molecule has 0 radical (unpaired) electrons. The zero-order valence-corrected chi connectivity index (χ0v) is 11.6. The summed E-state index contributed by atoms with van der Waals surface area (Å²) >= 11 is 5.71. The number of aromatic nitrogens is 2. The van der Waals surface area contributed by atoms with E-state index in [2.05, 4.69) is 10.2 Å². The second kappa shape index (κ2) is 7.96. The molecule has 0 bridgehead atoms. The Labute approximate surface area is 107 Å². The fourth-order valence-corrected chi connectivity index (χ4v) is 1.42. The number of benzene rings is 1. The van der Waals surface area contributed by atoms with E-state index >= 15 is 0 Å². The van der Waals surface area contributed by atoms with Gasteiger partial charge in [0.1, 0.15) is 5.52 Å². The molecule has 0 aliphatic carbocycles. The zero-order valence-electron chi connectivity index (χ0n) is 10.9. The summed E-state index contributed by atoms with van der Waals surface area (Å²) in [5.41, 5.74) is 1.14. The van der Waals surface area contributed by atoms with E-state index in [1.165, 1.54) is 6.07 Å². The number of hydrogen-bond donors (Lipinski definition) is 0. The number of halogens is 2. The molecule has 0 fully saturated rings. The fraction of sp³-hybridized carbons (Fsp3) is 0.385. The molecule has 17 heavy (non-hydrogen) atoms. The molecule has 0 saturated heterocycles. The maximum atomic E-state index is 13.2. The average Bonchev–Trinajstić information content (AvgIpc) is 2.36. The smallest absolute Gasteiger partial charge is 0.152 e. The fourth-order valence-electron chi connectivity index (χ4n) is 1.21. The van der Waals surface area contributed by atoms with Crippen LogP contribution in [0.5, 0.6) is 0 Å². The molecule has 2 aromatic rings. The molecule has 0 atom stereocenters. The number of hydrogen-bond acceptors (Lipinski definition) is 2. The Hall–Kier alpha value is -1.22. The van der Waals surface area contributed by atoms with Crippen molar-refractivity contribution in [3.63, 3.8) is 0 Å². The number of aryl methyl sites for hydroxylation is 1. The van der Waals surface area contributed by atoms with Crippen LogP contribution in [0.25, 0.3) is 10.9 Å². The minimum Gasteiger partial charge on any atom is -0.204 e. The van der Waals surface area contributed by atoms with Crippen molar-refractivity contribution in [2.45, 2.75) is 34.6 Å². The minimum atomic E-state index is -0.432. The Morgan fingerprint density at radius 2 is 1.71 bits per heavy atom. The topological polar surface area (TPSA) is 25.8 Å². The van der Waals surface area contributed by atoms with Gasteiger partial charge in [-0.25, -0.2) is 4.39 Å². The molecule has 0 N–H and O–H groups in total. The first-order chi connectivity index (χ1) is 8.18. The summed E-state index contributed by atoms with van der Waals surface area (Å²) in [6.45, 7) is 9.84. The molecular weight excluding hydrogens is 239 g/mol. The quantitative estimate of drug-likeness (QED) is 0.678. The molecule has 0 aliphatic heterocycles. The monoisotopic (exact) mass is 256 g/mol. The highest BCUT2D eigenvalue weighted by Crippen LogP contribution is 2.22. The van der Waals surface area contributed by atoms with Gasteiger partial charge in [0.25, 0.3) is 0 Å². The van der Waals surface area contributed by atoms with Crippen molar-refractivity contribution in [2.75, 3.05) is 0 Å². The predicted octanol–water partition coefficient (Wildman–Crippen LogP) is 4.78. The van der Waals surface area contributed by atoms with Crippen LogP contribution in [-0.4, -0.2) is 10.2 Å². The van der Waals surface area contributed by atoms with Crippen molar-refractivity contribution in [1.29, 1.82) is 0 Å². The SMILES string of the molecule is CC.CC.Cc1cnnc2c(F)cc(Cl)cc12. The minimum absolute atomic E-state index is 0.268. The van der Waals surface area contributed by atoms with Gasteiger partial charge in [-0.05, 0) is 24.6 Å². The second-order valence-electron chi connectivity index (χ2n) is 2.81. The van der Waals surface area contributed by atoms with Gasteiger partial charge in [-0.15, -0.1) is 5.10 Å². The summed E-state index contributed by atoms with van der Waals surface area (Å²) < 4.78 is 13.2. The summed E-state index contributed by atoms with van der Waals surface area (Å²) in [5, 5.41) is 8.45. The van der Waals surface area contributed by atoms with E-state index in [4.69, 9.17) is 11.6 Å². The second-order valence-corrected chi connectivity index (χ2v) is 3.25. The van der Waals surface area contributed by atoms with E-state index in [0.717, 1.165) is 5.56 Å². The molecule has 0 aliphatic rings. The molecule has 4 heteroatoms. The summed E-state index contributed by atoms with van der Waals surface area (Å²) in [6.07, 6.45) is 1.58. The lowest BCUT2D eigenvalue weighted by atomic mass is 10.1. The molecule has 0 unspecified atom stereocenters. The molecule has 0 saturated carbocycles. The van der Waals surface area contributed by atoms with Crippen LogP contribution >= 0.6 is 11.6 Å². The highest BCUT2D eigenvalue weighted by atomic mass is 35.5. The van der Waals surface area contributed by atoms with Crippen LogP contribution < -0.4 is 0 Å². The van der Waals surface area contributed by atoms with Crippen LogP contribution in [-0.2, 0) is 0 Å². The third-order valence-electron chi connectivity index (χ3n) is 1.86. The first-order valence-electron chi connectivity index (χ1n) is 5.75. The highest BCUT2D eigenvalue weighted by Gasteiger charge is 2.06. The van der Waals surface area contributed by atoms with Crippen LogP contribution in [0.1, 0.15) is 33.3 Å². The lowest BCUT2D eigenvalue weighted by Crippen LogP contribution is -1.90. The average molecular weight is 257 g/mol. The van der Waals surface area contributed by atoms with Crippen LogP contribution in [0, 0.1) is 12.7 Å². The maximum absolute atomic E-state index is 13.2. The number of nitrogens with zero attached hydrogens (tertiary/aromatic N) is 2. The van der Waals surface area contributed by atoms with E-state index in [0.29, 0.717) is 10.4 Å². The standard InChI is InChI=1S/C9H6ClFN2.2C2H6/c1-5-4-12-13-9-7(5)2-6(10)3-8(9)11;2*1-2/h2-4H,1H3;2*1-2H3. The zero-order chi connectivity index (χ0) is 13.4. The molecule has 1 aromatic heterocycles. The van der Waals surface area contributed by atoms with Crippen molar-refractivity contribution in [2.24, 2.45) is 0 Å². The van der Waals surface area contributed by atoms with Crippen LogP contribution in [0.4, 0.5) is 4.39 Å². The molecule has 1 heterocycles. The van der Waals surface area contributed by atoms with Crippen LogP contribution in [0.15, 0.2) is 18.3 Å². The van der Waals surface area contributed by atoms with Gasteiger partial charge < -0.3 is 0 Å². The lowest BCUT2D eigenvalue weighted by molar-refractivity contribution is 0.635. The predicted molar refractivity (Wildman–Crippen MR) is 71.9 cm³/mol. The Morgan fingerprint density at radius 3 is 2.29 bits per heavy atom. The molecule has 0 spiro atoms. The van der Waals surface area contributed by atoms with E-state index in [-0.39, 0.29) is 5.52 Å². The van der Waals surface area contributed by atoms with Crippen LogP contribution in [0.3, 0.4) is 0 Å². The molecule has 0 amide bonds. The van der Waals surface area contributed by atoms with Crippen molar-refractivity contribution in [3.8, 4) is 0 Å². The third-order valence-corrected chi connectivity index (χ3v) is 2.08. The highest BCUT2D eigenvalue weighted by molar-refractivity contribution is 6.31. The van der Waals surface area contributed by atoms with E-state index in [1.54, 1.807) is 12.3 Å². The van der Waals surface area contributed by atoms with Crippen LogP contribution in [0.2, 0.25) is 5.02 Å². The van der Waals surface area contributed by atoms with Gasteiger partial charge in [0.05, 0.1) is 6.20 Å². The van der Waals surface area contributed by atoms with Gasteiger partial charge >= 0.3 is 0 Å².